The molecular formula is C7H15NO2S. The van der Waals surface area contributed by atoms with E-state index in [1.165, 1.54) is 0 Å². The molecule has 0 aliphatic rings. The predicted octanol–water partition coefficient (Wildman–Crippen LogP) is 0.630. The Kier molecular flexibility index (Phi) is 6.36. The molecule has 0 aromatic rings. The summed E-state index contributed by atoms with van der Waals surface area (Å²) >= 11 is 1.57. The van der Waals surface area contributed by atoms with Crippen LogP contribution in [0, 0.1) is 0 Å². The monoisotopic (exact) mass is 177 g/mol. The first kappa shape index (κ1) is 10.8. The number of ether oxygens (including phenoxy) is 1. The van der Waals surface area contributed by atoms with Crippen molar-refractivity contribution in [3.63, 3.8) is 0 Å². The van der Waals surface area contributed by atoms with Crippen molar-refractivity contribution in [1.29, 1.82) is 0 Å². The lowest BCUT2D eigenvalue weighted by molar-refractivity contribution is -0.117. The average Bonchev–Trinajstić information content (AvgIpc) is 1.97. The zero-order valence-electron chi connectivity index (χ0n) is 7.00. The zero-order chi connectivity index (χ0) is 8.69. The van der Waals surface area contributed by atoms with E-state index in [-0.39, 0.29) is 11.2 Å². The number of hydrogen-bond donors (Lipinski definition) is 1. The standard InChI is InChI=1S/C7H15NO2S/c1-6(7(8)9)11-5-3-4-10-2/h6H,3-5H2,1-2H3,(H2,8,9). The molecule has 2 N–H and O–H groups in total. The minimum Gasteiger partial charge on any atom is -0.385 e. The summed E-state index contributed by atoms with van der Waals surface area (Å²) in [5.41, 5.74) is 5.06. The van der Waals surface area contributed by atoms with Gasteiger partial charge in [0.2, 0.25) is 5.91 Å². The second-order valence-electron chi connectivity index (χ2n) is 2.26. The Labute approximate surface area is 71.7 Å². The highest BCUT2D eigenvalue weighted by atomic mass is 32.2. The second-order valence-corrected chi connectivity index (χ2v) is 3.71. The molecule has 0 aliphatic carbocycles. The number of carbonyl (C=O) groups excluding carboxylic acids is 1. The van der Waals surface area contributed by atoms with E-state index in [2.05, 4.69) is 0 Å². The van der Waals surface area contributed by atoms with Crippen molar-refractivity contribution in [3.8, 4) is 0 Å². The van der Waals surface area contributed by atoms with Crippen molar-refractivity contribution in [2.24, 2.45) is 5.73 Å². The quantitative estimate of drug-likeness (QED) is 0.605. The van der Waals surface area contributed by atoms with E-state index in [0.717, 1.165) is 18.8 Å². The summed E-state index contributed by atoms with van der Waals surface area (Å²) in [5, 5.41) is -0.0770. The minimum absolute atomic E-state index is 0.0770. The zero-order valence-corrected chi connectivity index (χ0v) is 7.82. The van der Waals surface area contributed by atoms with E-state index in [9.17, 15) is 4.79 Å². The van der Waals surface area contributed by atoms with Gasteiger partial charge >= 0.3 is 0 Å². The smallest absolute Gasteiger partial charge is 0.230 e. The van der Waals surface area contributed by atoms with E-state index in [0.29, 0.717) is 0 Å². The largest absolute Gasteiger partial charge is 0.385 e. The summed E-state index contributed by atoms with van der Waals surface area (Å²) < 4.78 is 4.85. The van der Waals surface area contributed by atoms with Crippen LogP contribution in [0.15, 0.2) is 0 Å². The van der Waals surface area contributed by atoms with Crippen molar-refractivity contribution in [1.82, 2.24) is 0 Å². The second kappa shape index (κ2) is 6.49. The van der Waals surface area contributed by atoms with Gasteiger partial charge in [0, 0.05) is 13.7 Å². The van der Waals surface area contributed by atoms with Crippen LogP contribution in [0.4, 0.5) is 0 Å². The molecule has 1 unspecified atom stereocenters. The van der Waals surface area contributed by atoms with E-state index >= 15 is 0 Å². The Morgan fingerprint density at radius 2 is 2.36 bits per heavy atom. The maximum absolute atomic E-state index is 10.5. The molecular weight excluding hydrogens is 162 g/mol. The van der Waals surface area contributed by atoms with Gasteiger partial charge < -0.3 is 10.5 Å². The molecule has 11 heavy (non-hydrogen) atoms. The summed E-state index contributed by atoms with van der Waals surface area (Å²) in [6.07, 6.45) is 0.971. The molecule has 0 aromatic heterocycles. The van der Waals surface area contributed by atoms with Crippen molar-refractivity contribution in [2.45, 2.75) is 18.6 Å². The van der Waals surface area contributed by atoms with Crippen LogP contribution in [-0.4, -0.2) is 30.6 Å². The van der Waals surface area contributed by atoms with E-state index in [1.807, 2.05) is 6.92 Å². The summed E-state index contributed by atoms with van der Waals surface area (Å²) in [4.78, 5) is 10.5. The number of hydrogen-bond acceptors (Lipinski definition) is 3. The van der Waals surface area contributed by atoms with Crippen LogP contribution in [0.5, 0.6) is 0 Å². The molecule has 0 spiro atoms. The molecule has 3 nitrogen and oxygen atoms in total. The van der Waals surface area contributed by atoms with Gasteiger partial charge in [0.25, 0.3) is 0 Å². The number of amides is 1. The third-order valence-electron chi connectivity index (χ3n) is 1.26. The molecule has 4 heteroatoms. The van der Waals surface area contributed by atoms with Crippen molar-refractivity contribution < 1.29 is 9.53 Å². The van der Waals surface area contributed by atoms with Gasteiger partial charge in [-0.3, -0.25) is 4.79 Å². The summed E-state index contributed by atoms with van der Waals surface area (Å²) in [6.45, 7) is 2.57. The molecule has 0 bridgehead atoms. The fourth-order valence-corrected chi connectivity index (χ4v) is 1.35. The van der Waals surface area contributed by atoms with Gasteiger partial charge in [-0.2, -0.15) is 0 Å². The fourth-order valence-electron chi connectivity index (χ4n) is 0.546. The Balaban J connectivity index is 3.17. The van der Waals surface area contributed by atoms with Crippen LogP contribution < -0.4 is 5.73 Å². The lowest BCUT2D eigenvalue weighted by Gasteiger charge is -2.05. The average molecular weight is 177 g/mol. The number of primary amides is 1. The highest BCUT2D eigenvalue weighted by molar-refractivity contribution is 8.00. The fraction of sp³-hybridized carbons (Fsp3) is 0.857. The third-order valence-corrected chi connectivity index (χ3v) is 2.52. The van der Waals surface area contributed by atoms with Gasteiger partial charge in [-0.05, 0) is 19.1 Å². The predicted molar refractivity (Wildman–Crippen MR) is 47.6 cm³/mol. The lowest BCUT2D eigenvalue weighted by atomic mass is 10.5. The number of methoxy groups -OCH3 is 1. The van der Waals surface area contributed by atoms with Gasteiger partial charge in [0.05, 0.1) is 5.25 Å². The van der Waals surface area contributed by atoms with Crippen molar-refractivity contribution >= 4 is 17.7 Å². The van der Waals surface area contributed by atoms with Crippen LogP contribution in [-0.2, 0) is 9.53 Å². The highest BCUT2D eigenvalue weighted by Crippen LogP contribution is 2.10. The van der Waals surface area contributed by atoms with Crippen LogP contribution in [0.2, 0.25) is 0 Å². The number of thioether (sulfide) groups is 1. The van der Waals surface area contributed by atoms with E-state index in [1.54, 1.807) is 18.9 Å². The lowest BCUT2D eigenvalue weighted by Crippen LogP contribution is -2.23. The van der Waals surface area contributed by atoms with Crippen molar-refractivity contribution in [3.05, 3.63) is 0 Å². The molecule has 0 fully saturated rings. The first-order valence-electron chi connectivity index (χ1n) is 3.58. The number of carbonyl (C=O) groups is 1. The number of rotatable bonds is 6. The maximum Gasteiger partial charge on any atom is 0.230 e. The molecule has 0 aliphatic heterocycles. The molecule has 1 amide bonds. The Morgan fingerprint density at radius 1 is 1.73 bits per heavy atom. The van der Waals surface area contributed by atoms with E-state index in [4.69, 9.17) is 10.5 Å². The van der Waals surface area contributed by atoms with Gasteiger partial charge in [-0.1, -0.05) is 0 Å². The topological polar surface area (TPSA) is 52.3 Å². The molecule has 66 valence electrons. The molecule has 0 aromatic carbocycles. The van der Waals surface area contributed by atoms with Crippen LogP contribution in [0.25, 0.3) is 0 Å². The van der Waals surface area contributed by atoms with E-state index < -0.39 is 0 Å². The van der Waals surface area contributed by atoms with Gasteiger partial charge in [0.15, 0.2) is 0 Å². The molecule has 0 radical (unpaired) electrons. The first-order chi connectivity index (χ1) is 5.18. The minimum atomic E-state index is -0.243. The van der Waals surface area contributed by atoms with Gasteiger partial charge in [-0.25, -0.2) is 0 Å². The van der Waals surface area contributed by atoms with Gasteiger partial charge in [0.1, 0.15) is 0 Å². The molecule has 0 rings (SSSR count). The summed E-state index contributed by atoms with van der Waals surface area (Å²) in [5.74, 6) is 0.685. The molecule has 0 saturated heterocycles. The SMILES string of the molecule is COCCCSC(C)C(N)=O. The summed E-state index contributed by atoms with van der Waals surface area (Å²) in [6, 6.07) is 0. The first-order valence-corrected chi connectivity index (χ1v) is 4.63. The third kappa shape index (κ3) is 6.19. The number of nitrogens with two attached hydrogens (primary N) is 1. The van der Waals surface area contributed by atoms with Crippen LogP contribution in [0.3, 0.4) is 0 Å². The summed E-state index contributed by atoms with van der Waals surface area (Å²) in [7, 11) is 1.67. The molecule has 1 atom stereocenters. The Morgan fingerprint density at radius 3 is 2.82 bits per heavy atom. The Hall–Kier alpha value is -0.220. The van der Waals surface area contributed by atoms with Crippen molar-refractivity contribution in [2.75, 3.05) is 19.5 Å². The van der Waals surface area contributed by atoms with Gasteiger partial charge in [-0.15, -0.1) is 11.8 Å². The Bertz CT molecular complexity index is 119. The normalized spacial score (nSPS) is 12.9. The highest BCUT2D eigenvalue weighted by Gasteiger charge is 2.07. The molecule has 0 saturated carbocycles. The van der Waals surface area contributed by atoms with Crippen LogP contribution in [0.1, 0.15) is 13.3 Å². The molecule has 0 heterocycles. The van der Waals surface area contributed by atoms with Crippen LogP contribution >= 0.6 is 11.8 Å². The maximum atomic E-state index is 10.5.